The topological polar surface area (TPSA) is 295 Å². The van der Waals surface area contributed by atoms with Gasteiger partial charge in [0, 0.05) is 0 Å². The summed E-state index contributed by atoms with van der Waals surface area (Å²) in [6, 6.07) is 0. The minimum Gasteiger partial charge on any atom is -0.432 e. The van der Waals surface area contributed by atoms with E-state index in [-0.39, 0.29) is 22.7 Å². The van der Waals surface area contributed by atoms with Crippen LogP contribution in [0.4, 0.5) is 0 Å². The molecule has 0 aromatic rings. The summed E-state index contributed by atoms with van der Waals surface area (Å²) < 4.78 is 35.6. The maximum atomic E-state index is 14.1. The molecule has 18 nitrogen and oxygen atoms in total. The average molecular weight is 805 g/mol. The first kappa shape index (κ1) is 42.7. The lowest BCUT2D eigenvalue weighted by atomic mass is 9.41. The van der Waals surface area contributed by atoms with E-state index in [0.717, 1.165) is 18.4 Å². The van der Waals surface area contributed by atoms with Gasteiger partial charge in [0.05, 0.1) is 30.8 Å². The van der Waals surface area contributed by atoms with Crippen LogP contribution in [0.3, 0.4) is 0 Å². The van der Waals surface area contributed by atoms with Gasteiger partial charge < -0.3 is 84.6 Å². The first-order chi connectivity index (χ1) is 26.4. The minimum absolute atomic E-state index is 0.121. The molecular weight excluding hydrogens is 744 g/mol. The molecule has 56 heavy (non-hydrogen) atoms. The lowest BCUT2D eigenvalue weighted by molar-refractivity contribution is -0.378. The zero-order valence-corrected chi connectivity index (χ0v) is 31.8. The van der Waals surface area contributed by atoms with Crippen molar-refractivity contribution in [2.45, 2.75) is 169 Å². The van der Waals surface area contributed by atoms with Crippen LogP contribution in [-0.4, -0.2) is 180 Å². The summed E-state index contributed by atoms with van der Waals surface area (Å²) in [5.41, 5.74) is -1.80. The molecule has 3 aliphatic heterocycles. The summed E-state index contributed by atoms with van der Waals surface area (Å²) in [5.74, 6) is -0.591. The number of carbonyl (C=O) groups is 1. The second-order valence-electron chi connectivity index (χ2n) is 18.0. The van der Waals surface area contributed by atoms with Crippen molar-refractivity contribution in [1.82, 2.24) is 0 Å². The molecule has 3 saturated heterocycles. The molecule has 11 N–H and O–H groups in total. The van der Waals surface area contributed by atoms with E-state index in [2.05, 4.69) is 13.5 Å². The standard InChI is InChI=1S/C38H60O18/c1-16-11-37-9-5-20-35(2,7-4-8-36(20,3)34(50)55-32-29(49)26(46)23(43)18(13-40)52-32)21(37)6-10-38(16,15-37)56-33-30(27(47)24(44)19(14-41)53-33)54-31-28(48)25(45)22(42)17(12-39)51-31/h17-33,39-49H,1,4-15H2,2-3H3/t17-,18-,19-,20-,21-,22-,23-,24-,25+,26+,27+,28-,29-,30-,31+,32+,33+,35+,36-,37-,38+/m1/s1. The van der Waals surface area contributed by atoms with Gasteiger partial charge in [-0.3, -0.25) is 4.79 Å². The molecule has 3 heterocycles. The van der Waals surface area contributed by atoms with Crippen molar-refractivity contribution in [3.63, 3.8) is 0 Å². The number of hydrogen-bond donors (Lipinski definition) is 11. The summed E-state index contributed by atoms with van der Waals surface area (Å²) >= 11 is 0. The lowest BCUT2D eigenvalue weighted by Gasteiger charge is -2.64. The van der Waals surface area contributed by atoms with Gasteiger partial charge in [0.2, 0.25) is 6.29 Å². The molecule has 0 unspecified atom stereocenters. The van der Waals surface area contributed by atoms with Crippen LogP contribution in [0.1, 0.15) is 71.6 Å². The van der Waals surface area contributed by atoms with Crippen LogP contribution < -0.4 is 0 Å². The average Bonchev–Trinajstić information content (AvgIpc) is 3.37. The summed E-state index contributed by atoms with van der Waals surface area (Å²) in [6.45, 7) is 6.52. The highest BCUT2D eigenvalue weighted by Crippen LogP contribution is 2.73. The van der Waals surface area contributed by atoms with Crippen LogP contribution in [0.15, 0.2) is 12.2 Å². The summed E-state index contributed by atoms with van der Waals surface area (Å²) in [4.78, 5) is 14.1. The van der Waals surface area contributed by atoms with Crippen LogP contribution in [0.2, 0.25) is 0 Å². The van der Waals surface area contributed by atoms with Crippen molar-refractivity contribution < 1.29 is 89.4 Å². The van der Waals surface area contributed by atoms with Gasteiger partial charge in [0.1, 0.15) is 73.2 Å². The highest BCUT2D eigenvalue weighted by molar-refractivity contribution is 5.77. The van der Waals surface area contributed by atoms with E-state index in [1.807, 2.05) is 6.92 Å². The van der Waals surface area contributed by atoms with E-state index < -0.39 is 129 Å². The fraction of sp³-hybridized carbons (Fsp3) is 0.921. The molecule has 4 saturated carbocycles. The zero-order valence-electron chi connectivity index (χ0n) is 31.8. The van der Waals surface area contributed by atoms with Crippen molar-refractivity contribution >= 4 is 5.97 Å². The van der Waals surface area contributed by atoms with Gasteiger partial charge >= 0.3 is 5.97 Å². The van der Waals surface area contributed by atoms with Crippen LogP contribution in [0.25, 0.3) is 0 Å². The second-order valence-corrected chi connectivity index (χ2v) is 18.0. The van der Waals surface area contributed by atoms with Crippen LogP contribution >= 0.6 is 0 Å². The van der Waals surface area contributed by atoms with E-state index >= 15 is 0 Å². The molecular formula is C38H60O18. The van der Waals surface area contributed by atoms with E-state index in [1.165, 1.54) is 0 Å². The van der Waals surface area contributed by atoms with Crippen molar-refractivity contribution in [2.75, 3.05) is 19.8 Å². The van der Waals surface area contributed by atoms with Gasteiger partial charge in [0.25, 0.3) is 0 Å². The van der Waals surface area contributed by atoms with Gasteiger partial charge in [0.15, 0.2) is 12.6 Å². The Balaban J connectivity index is 1.10. The highest BCUT2D eigenvalue weighted by Gasteiger charge is 2.69. The largest absolute Gasteiger partial charge is 0.432 e. The number of carbonyl (C=O) groups excluding carboxylic acids is 1. The number of aliphatic hydroxyl groups excluding tert-OH is 11. The molecule has 7 fully saturated rings. The quantitative estimate of drug-likeness (QED) is 0.0631. The Labute approximate surface area is 324 Å². The first-order valence-electron chi connectivity index (χ1n) is 19.9. The number of ether oxygens (including phenoxy) is 6. The maximum Gasteiger partial charge on any atom is 0.314 e. The van der Waals surface area contributed by atoms with Crippen LogP contribution in [0, 0.1) is 28.1 Å². The number of rotatable bonds is 9. The molecule has 18 heteroatoms. The van der Waals surface area contributed by atoms with Crippen molar-refractivity contribution in [1.29, 1.82) is 0 Å². The smallest absolute Gasteiger partial charge is 0.314 e. The normalized spacial score (nSPS) is 54.6. The Morgan fingerprint density at radius 1 is 0.679 bits per heavy atom. The molecule has 0 aromatic carbocycles. The van der Waals surface area contributed by atoms with E-state index in [0.29, 0.717) is 44.9 Å². The summed E-state index contributed by atoms with van der Waals surface area (Å²) in [6.07, 6.45) is -17.8. The maximum absolute atomic E-state index is 14.1. The third-order valence-electron chi connectivity index (χ3n) is 15.0. The molecule has 1 spiro atoms. The Hall–Kier alpha value is -1.43. The lowest BCUT2D eigenvalue weighted by Crippen LogP contribution is -2.65. The summed E-state index contributed by atoms with van der Waals surface area (Å²) in [5, 5.41) is 114. The molecule has 0 amide bonds. The minimum atomic E-state index is -1.81. The van der Waals surface area contributed by atoms with Gasteiger partial charge in [-0.2, -0.15) is 0 Å². The molecule has 21 atom stereocenters. The SMILES string of the molecule is C=C1C[C@@]23CC[C@@H]4[C@](C)(CCC[C@@]4(C)C(=O)O[C@@H]4O[C@H](CO)[C@@H](O)[C@H](O)[C@H]4O)[C@H]2CC[C@]1(O[C@@H]1O[C@H](CO)[C@@H](O)[C@H](O)[C@H]1O[C@@H]1O[C@H](CO)[C@@H](O)[C@H](O)[C@H]1O)C3. The predicted molar refractivity (Wildman–Crippen MR) is 186 cm³/mol. The van der Waals surface area contributed by atoms with Gasteiger partial charge in [-0.25, -0.2) is 0 Å². The Morgan fingerprint density at radius 2 is 1.21 bits per heavy atom. The molecule has 0 aromatic heterocycles. The molecule has 7 rings (SSSR count). The number of aliphatic hydroxyl groups is 11. The van der Waals surface area contributed by atoms with E-state index in [1.54, 1.807) is 0 Å². The van der Waals surface area contributed by atoms with Crippen molar-refractivity contribution in [2.24, 2.45) is 28.1 Å². The predicted octanol–water partition coefficient (Wildman–Crippen LogP) is -2.94. The van der Waals surface area contributed by atoms with Crippen LogP contribution in [-0.2, 0) is 33.2 Å². The van der Waals surface area contributed by atoms with E-state index in [4.69, 9.17) is 28.4 Å². The second kappa shape index (κ2) is 15.6. The van der Waals surface area contributed by atoms with Crippen molar-refractivity contribution in [3.8, 4) is 0 Å². The molecule has 0 radical (unpaired) electrons. The Bertz CT molecular complexity index is 1450. The van der Waals surface area contributed by atoms with Gasteiger partial charge in [-0.1, -0.05) is 19.9 Å². The number of fused-ring (bicyclic) bond motifs is 3. The molecule has 7 aliphatic rings. The highest BCUT2D eigenvalue weighted by atomic mass is 16.8. The number of hydrogen-bond acceptors (Lipinski definition) is 18. The Morgan fingerprint density at radius 3 is 1.82 bits per heavy atom. The third-order valence-corrected chi connectivity index (χ3v) is 15.0. The fourth-order valence-electron chi connectivity index (χ4n) is 12.0. The zero-order chi connectivity index (χ0) is 40.7. The fourth-order valence-corrected chi connectivity index (χ4v) is 12.0. The molecule has 4 aliphatic carbocycles. The van der Waals surface area contributed by atoms with Crippen LogP contribution in [0.5, 0.6) is 0 Å². The Kier molecular flexibility index (Phi) is 11.9. The van der Waals surface area contributed by atoms with Gasteiger partial charge in [-0.15, -0.1) is 0 Å². The number of esters is 1. The third kappa shape index (κ3) is 6.69. The monoisotopic (exact) mass is 804 g/mol. The van der Waals surface area contributed by atoms with E-state index in [9.17, 15) is 61.0 Å². The summed E-state index contributed by atoms with van der Waals surface area (Å²) in [7, 11) is 0. The van der Waals surface area contributed by atoms with Gasteiger partial charge in [-0.05, 0) is 86.5 Å². The van der Waals surface area contributed by atoms with Crippen molar-refractivity contribution in [3.05, 3.63) is 12.2 Å². The first-order valence-corrected chi connectivity index (χ1v) is 19.9. The molecule has 2 bridgehead atoms. The molecule has 320 valence electrons.